The highest BCUT2D eigenvalue weighted by molar-refractivity contribution is 7.80. The molecule has 3 N–H and O–H groups in total. The zero-order valence-electron chi connectivity index (χ0n) is 12.3. The molecule has 0 spiro atoms. The van der Waals surface area contributed by atoms with Gasteiger partial charge in [0.2, 0.25) is 0 Å². The highest BCUT2D eigenvalue weighted by Crippen LogP contribution is 2.24. The van der Waals surface area contributed by atoms with Crippen molar-refractivity contribution in [3.63, 3.8) is 0 Å². The highest BCUT2D eigenvalue weighted by atomic mass is 35.5. The smallest absolute Gasteiger partial charge is 0.252 e. The Kier molecular flexibility index (Phi) is 4.86. The summed E-state index contributed by atoms with van der Waals surface area (Å²) in [6.45, 7) is 3.59. The molecule has 0 aromatic heterocycles. The first kappa shape index (κ1) is 16.2. The Morgan fingerprint density at radius 2 is 2.05 bits per heavy atom. The van der Waals surface area contributed by atoms with Gasteiger partial charge in [0, 0.05) is 23.7 Å². The van der Waals surface area contributed by atoms with E-state index in [4.69, 9.17) is 29.6 Å². The van der Waals surface area contributed by atoms with Gasteiger partial charge in [-0.15, -0.1) is 0 Å². The van der Waals surface area contributed by atoms with Crippen molar-refractivity contribution in [3.8, 4) is 0 Å². The Bertz CT molecular complexity index is 568. The molecule has 0 radical (unpaired) electrons. The summed E-state index contributed by atoms with van der Waals surface area (Å²) < 4.78 is 0. The van der Waals surface area contributed by atoms with E-state index in [1.54, 1.807) is 12.1 Å². The molecule has 114 valence electrons. The van der Waals surface area contributed by atoms with Crippen LogP contribution in [0.5, 0.6) is 0 Å². The number of carbonyl (C=O) groups is 1. The Labute approximate surface area is 135 Å². The number of halogens is 1. The van der Waals surface area contributed by atoms with E-state index >= 15 is 0 Å². The molecule has 1 aromatic carbocycles. The fourth-order valence-corrected chi connectivity index (χ4v) is 2.98. The molecule has 0 atom stereocenters. The van der Waals surface area contributed by atoms with Gasteiger partial charge in [-0.1, -0.05) is 29.9 Å². The SMILES string of the molecule is Cc1ccc(Cl)cc1C(=O)NC1(C(N)=S)CCN(C)CC1. The molecular formula is C15H20ClN3OS. The summed E-state index contributed by atoms with van der Waals surface area (Å²) in [5.74, 6) is -0.174. The minimum Gasteiger partial charge on any atom is -0.391 e. The van der Waals surface area contributed by atoms with Crippen LogP contribution in [0.3, 0.4) is 0 Å². The highest BCUT2D eigenvalue weighted by Gasteiger charge is 2.38. The number of nitrogens with zero attached hydrogens (tertiary/aromatic N) is 1. The monoisotopic (exact) mass is 325 g/mol. The van der Waals surface area contributed by atoms with Crippen LogP contribution in [0.4, 0.5) is 0 Å². The Balaban J connectivity index is 2.23. The lowest BCUT2D eigenvalue weighted by Gasteiger charge is -2.40. The maximum atomic E-state index is 12.6. The molecule has 0 unspecified atom stereocenters. The molecule has 1 aromatic rings. The number of amides is 1. The number of thiocarbonyl (C=S) groups is 1. The van der Waals surface area contributed by atoms with Crippen LogP contribution < -0.4 is 11.1 Å². The molecular weight excluding hydrogens is 306 g/mol. The second kappa shape index (κ2) is 6.30. The third kappa shape index (κ3) is 3.54. The van der Waals surface area contributed by atoms with Gasteiger partial charge in [0.1, 0.15) is 0 Å². The number of benzene rings is 1. The first-order chi connectivity index (χ1) is 9.84. The lowest BCUT2D eigenvalue weighted by atomic mass is 9.87. The molecule has 1 aliphatic heterocycles. The minimum absolute atomic E-state index is 0.174. The van der Waals surface area contributed by atoms with Crippen molar-refractivity contribution in [3.05, 3.63) is 34.3 Å². The zero-order chi connectivity index (χ0) is 15.6. The van der Waals surface area contributed by atoms with E-state index in [0.29, 0.717) is 15.6 Å². The Morgan fingerprint density at radius 1 is 1.43 bits per heavy atom. The van der Waals surface area contributed by atoms with E-state index in [-0.39, 0.29) is 5.91 Å². The summed E-state index contributed by atoms with van der Waals surface area (Å²) in [5.41, 5.74) is 6.76. The summed E-state index contributed by atoms with van der Waals surface area (Å²) in [5, 5.41) is 3.59. The molecule has 2 rings (SSSR count). The van der Waals surface area contributed by atoms with Gasteiger partial charge in [0.25, 0.3) is 5.91 Å². The van der Waals surface area contributed by atoms with Crippen LogP contribution in [-0.2, 0) is 0 Å². The standard InChI is InChI=1S/C15H20ClN3OS/c1-10-3-4-11(16)9-12(10)13(20)18-15(14(17)21)5-7-19(2)8-6-15/h3-4,9H,5-8H2,1-2H3,(H2,17,21)(H,18,20). The van der Waals surface area contributed by atoms with Crippen molar-refractivity contribution in [1.82, 2.24) is 10.2 Å². The van der Waals surface area contributed by atoms with Gasteiger partial charge in [0.05, 0.1) is 10.5 Å². The van der Waals surface area contributed by atoms with E-state index in [9.17, 15) is 4.79 Å². The number of hydrogen-bond acceptors (Lipinski definition) is 3. The summed E-state index contributed by atoms with van der Waals surface area (Å²) in [6, 6.07) is 5.28. The summed E-state index contributed by atoms with van der Waals surface area (Å²) in [6.07, 6.45) is 1.45. The molecule has 0 bridgehead atoms. The van der Waals surface area contributed by atoms with Gasteiger partial charge in [0.15, 0.2) is 0 Å². The van der Waals surface area contributed by atoms with Crippen molar-refractivity contribution in [2.45, 2.75) is 25.3 Å². The fraction of sp³-hybridized carbons (Fsp3) is 0.467. The van der Waals surface area contributed by atoms with Crippen molar-refractivity contribution in [2.24, 2.45) is 5.73 Å². The molecule has 6 heteroatoms. The first-order valence-corrected chi connectivity index (χ1v) is 7.70. The van der Waals surface area contributed by atoms with Gasteiger partial charge in [-0.05, 0) is 44.5 Å². The Morgan fingerprint density at radius 3 is 2.62 bits per heavy atom. The van der Waals surface area contributed by atoms with Crippen molar-refractivity contribution < 1.29 is 4.79 Å². The number of hydrogen-bond donors (Lipinski definition) is 2. The quantitative estimate of drug-likeness (QED) is 0.836. The van der Waals surface area contributed by atoms with Gasteiger partial charge < -0.3 is 16.0 Å². The number of carbonyl (C=O) groups excluding carboxylic acids is 1. The molecule has 1 fully saturated rings. The third-order valence-corrected chi connectivity index (χ3v) is 4.74. The average Bonchev–Trinajstić information content (AvgIpc) is 2.44. The average molecular weight is 326 g/mol. The molecule has 1 aliphatic rings. The van der Waals surface area contributed by atoms with E-state index < -0.39 is 5.54 Å². The summed E-state index contributed by atoms with van der Waals surface area (Å²) >= 11 is 11.2. The lowest BCUT2D eigenvalue weighted by Crippen LogP contribution is -2.61. The Hall–Kier alpha value is -1.17. The van der Waals surface area contributed by atoms with Crippen LogP contribution >= 0.6 is 23.8 Å². The van der Waals surface area contributed by atoms with Crippen LogP contribution in [-0.4, -0.2) is 41.5 Å². The second-order valence-electron chi connectivity index (χ2n) is 5.66. The van der Waals surface area contributed by atoms with Crippen LogP contribution in [0.1, 0.15) is 28.8 Å². The minimum atomic E-state index is -0.603. The van der Waals surface area contributed by atoms with Crippen molar-refractivity contribution in [1.29, 1.82) is 0 Å². The predicted octanol–water partition coefficient (Wildman–Crippen LogP) is 2.13. The zero-order valence-corrected chi connectivity index (χ0v) is 13.9. The normalized spacial score (nSPS) is 18.2. The van der Waals surface area contributed by atoms with Crippen molar-refractivity contribution >= 4 is 34.7 Å². The lowest BCUT2D eigenvalue weighted by molar-refractivity contribution is 0.0889. The van der Waals surface area contributed by atoms with Crippen LogP contribution in [0, 0.1) is 6.92 Å². The first-order valence-electron chi connectivity index (χ1n) is 6.91. The number of aryl methyl sites for hydroxylation is 1. The van der Waals surface area contributed by atoms with Gasteiger partial charge in [-0.25, -0.2) is 0 Å². The molecule has 0 saturated carbocycles. The fourth-order valence-electron chi connectivity index (χ4n) is 2.56. The van der Waals surface area contributed by atoms with Gasteiger partial charge in [-0.2, -0.15) is 0 Å². The maximum absolute atomic E-state index is 12.6. The van der Waals surface area contributed by atoms with E-state index in [2.05, 4.69) is 10.2 Å². The van der Waals surface area contributed by atoms with Crippen LogP contribution in [0.25, 0.3) is 0 Å². The molecule has 21 heavy (non-hydrogen) atoms. The second-order valence-corrected chi connectivity index (χ2v) is 6.54. The third-order valence-electron chi connectivity index (χ3n) is 4.11. The number of likely N-dealkylation sites (tertiary alicyclic amines) is 1. The summed E-state index contributed by atoms with van der Waals surface area (Å²) in [7, 11) is 2.05. The van der Waals surface area contributed by atoms with E-state index in [1.165, 1.54) is 0 Å². The van der Waals surface area contributed by atoms with Crippen molar-refractivity contribution in [2.75, 3.05) is 20.1 Å². The topological polar surface area (TPSA) is 58.4 Å². The number of nitrogens with one attached hydrogen (secondary N) is 1. The number of nitrogens with two attached hydrogens (primary N) is 1. The van der Waals surface area contributed by atoms with Gasteiger partial charge in [-0.3, -0.25) is 4.79 Å². The van der Waals surface area contributed by atoms with Crippen LogP contribution in [0.2, 0.25) is 5.02 Å². The molecule has 4 nitrogen and oxygen atoms in total. The largest absolute Gasteiger partial charge is 0.391 e. The number of piperidine rings is 1. The molecule has 1 saturated heterocycles. The van der Waals surface area contributed by atoms with E-state index in [0.717, 1.165) is 31.5 Å². The molecule has 0 aliphatic carbocycles. The number of rotatable bonds is 3. The van der Waals surface area contributed by atoms with E-state index in [1.807, 2.05) is 20.0 Å². The summed E-state index contributed by atoms with van der Waals surface area (Å²) in [4.78, 5) is 15.1. The molecule has 1 amide bonds. The van der Waals surface area contributed by atoms with Gasteiger partial charge >= 0.3 is 0 Å². The maximum Gasteiger partial charge on any atom is 0.252 e. The predicted molar refractivity (Wildman–Crippen MR) is 89.9 cm³/mol. The van der Waals surface area contributed by atoms with Crippen LogP contribution in [0.15, 0.2) is 18.2 Å². The molecule has 1 heterocycles.